The molecule has 0 spiro atoms. The number of para-hydroxylation sites is 1. The minimum atomic E-state index is -5.04. The monoisotopic (exact) mass is 635 g/mol. The number of hydrogen-bond donors (Lipinski definition) is 0. The van der Waals surface area contributed by atoms with Gasteiger partial charge in [0.05, 0.1) is 22.3 Å². The van der Waals surface area contributed by atoms with Crippen molar-refractivity contribution in [1.29, 1.82) is 0 Å². The molecule has 1 amide bonds. The molecule has 46 heavy (non-hydrogen) atoms. The van der Waals surface area contributed by atoms with E-state index < -0.39 is 41.5 Å². The van der Waals surface area contributed by atoms with Gasteiger partial charge in [0.15, 0.2) is 0 Å². The molecule has 11 heteroatoms. The second kappa shape index (κ2) is 11.7. The Balaban J connectivity index is 1.48. The van der Waals surface area contributed by atoms with Gasteiger partial charge in [0, 0.05) is 44.2 Å². The third-order valence-electron chi connectivity index (χ3n) is 8.10. The largest absolute Gasteiger partial charge is 0.416 e. The highest BCUT2D eigenvalue weighted by Crippen LogP contribution is 2.39. The molecule has 0 unspecified atom stereocenters. The number of amides is 1. The Hall–Kier alpha value is -5.06. The molecule has 0 saturated heterocycles. The molecule has 4 aromatic carbocycles. The van der Waals surface area contributed by atoms with Crippen LogP contribution in [-0.2, 0) is 32.0 Å². The molecule has 0 radical (unpaired) electrons. The van der Waals surface area contributed by atoms with E-state index >= 15 is 0 Å². The molecule has 6 rings (SSSR count). The summed E-state index contributed by atoms with van der Waals surface area (Å²) in [6.07, 6.45) is -10.1. The summed E-state index contributed by atoms with van der Waals surface area (Å²) in [5.41, 5.74) is -0.699. The van der Waals surface area contributed by atoms with Gasteiger partial charge >= 0.3 is 12.4 Å². The van der Waals surface area contributed by atoms with Crippen LogP contribution < -0.4 is 10.5 Å². The number of halogens is 6. The van der Waals surface area contributed by atoms with Crippen LogP contribution in [0.2, 0.25) is 0 Å². The van der Waals surface area contributed by atoms with Crippen LogP contribution in [0.4, 0.5) is 32.0 Å². The molecule has 2 heterocycles. The highest BCUT2D eigenvalue weighted by Gasteiger charge is 2.37. The molecule has 1 aromatic heterocycles. The molecule has 1 aliphatic heterocycles. The molecule has 0 bridgehead atoms. The van der Waals surface area contributed by atoms with Crippen molar-refractivity contribution in [3.63, 3.8) is 0 Å². The van der Waals surface area contributed by atoms with Crippen LogP contribution in [0.25, 0.3) is 22.0 Å². The van der Waals surface area contributed by atoms with Gasteiger partial charge in [-0.15, -0.1) is 0 Å². The number of aromatic nitrogens is 1. The van der Waals surface area contributed by atoms with Gasteiger partial charge in [0.1, 0.15) is 5.56 Å². The summed E-state index contributed by atoms with van der Waals surface area (Å²) < 4.78 is 82.6. The quantitative estimate of drug-likeness (QED) is 0.178. The average Bonchev–Trinajstić information content (AvgIpc) is 3.02. The Morgan fingerprint density at radius 3 is 1.98 bits per heavy atom. The second-order valence-corrected chi connectivity index (χ2v) is 11.2. The van der Waals surface area contributed by atoms with Gasteiger partial charge in [0.2, 0.25) is 0 Å². The fourth-order valence-electron chi connectivity index (χ4n) is 6.02. The molecule has 236 valence electrons. The van der Waals surface area contributed by atoms with Gasteiger partial charge in [0.25, 0.3) is 11.5 Å². The third kappa shape index (κ3) is 5.84. The summed E-state index contributed by atoms with van der Waals surface area (Å²) in [5.74, 6) is -0.822. The lowest BCUT2D eigenvalue weighted by Crippen LogP contribution is -2.40. The number of carbonyl (C=O) groups excluding carboxylic acids is 1. The fraction of sp³-hybridized carbons (Fsp3) is 0.200. The lowest BCUT2D eigenvalue weighted by atomic mass is 9.93. The SMILES string of the molecule is CN(Cc1cc(C(F)(F)F)cc(C(F)(F)F)c1)C(=O)c1c(-c2ccccc2)c2cccc3c2n(c1=O)CCN3Cc1ccccc1. The van der Waals surface area contributed by atoms with Crippen molar-refractivity contribution in [3.05, 3.63) is 135 Å². The topological polar surface area (TPSA) is 45.6 Å². The van der Waals surface area contributed by atoms with Gasteiger partial charge in [-0.1, -0.05) is 72.8 Å². The Morgan fingerprint density at radius 2 is 1.37 bits per heavy atom. The van der Waals surface area contributed by atoms with Crippen LogP contribution in [0.5, 0.6) is 0 Å². The first-order valence-corrected chi connectivity index (χ1v) is 14.4. The Morgan fingerprint density at radius 1 is 0.761 bits per heavy atom. The molecule has 5 nitrogen and oxygen atoms in total. The highest BCUT2D eigenvalue weighted by atomic mass is 19.4. The summed E-state index contributed by atoms with van der Waals surface area (Å²) >= 11 is 0. The van der Waals surface area contributed by atoms with Gasteiger partial charge in [-0.05, 0) is 41.0 Å². The zero-order valence-electron chi connectivity index (χ0n) is 24.5. The Labute approximate surface area is 259 Å². The Bertz CT molecular complexity index is 1950. The average molecular weight is 636 g/mol. The molecular weight excluding hydrogens is 608 g/mol. The summed E-state index contributed by atoms with van der Waals surface area (Å²) in [7, 11) is 1.25. The number of carbonyl (C=O) groups is 1. The maximum Gasteiger partial charge on any atom is 0.416 e. The first-order valence-electron chi connectivity index (χ1n) is 14.4. The molecule has 0 fully saturated rings. The van der Waals surface area contributed by atoms with Crippen molar-refractivity contribution in [2.45, 2.75) is 32.0 Å². The third-order valence-corrected chi connectivity index (χ3v) is 8.10. The van der Waals surface area contributed by atoms with E-state index in [1.54, 1.807) is 30.3 Å². The van der Waals surface area contributed by atoms with Crippen molar-refractivity contribution in [1.82, 2.24) is 9.47 Å². The summed E-state index contributed by atoms with van der Waals surface area (Å²) in [6, 6.07) is 25.4. The summed E-state index contributed by atoms with van der Waals surface area (Å²) in [6.45, 7) is 0.734. The predicted octanol–water partition coefficient (Wildman–Crippen LogP) is 8.00. The number of hydrogen-bond acceptors (Lipinski definition) is 3. The molecule has 1 aliphatic rings. The van der Waals surface area contributed by atoms with E-state index in [-0.39, 0.29) is 23.7 Å². The van der Waals surface area contributed by atoms with Crippen LogP contribution in [0.3, 0.4) is 0 Å². The van der Waals surface area contributed by atoms with E-state index in [1.165, 1.54) is 11.6 Å². The molecule has 0 N–H and O–H groups in total. The van der Waals surface area contributed by atoms with Crippen LogP contribution >= 0.6 is 0 Å². The van der Waals surface area contributed by atoms with E-state index in [4.69, 9.17) is 0 Å². The fourth-order valence-corrected chi connectivity index (χ4v) is 6.02. The van der Waals surface area contributed by atoms with E-state index in [0.717, 1.165) is 16.2 Å². The van der Waals surface area contributed by atoms with Gasteiger partial charge < -0.3 is 14.4 Å². The number of nitrogens with zero attached hydrogens (tertiary/aromatic N) is 3. The minimum Gasteiger partial charge on any atom is -0.364 e. The maximum absolute atomic E-state index is 14.2. The van der Waals surface area contributed by atoms with E-state index in [9.17, 15) is 35.9 Å². The van der Waals surface area contributed by atoms with Crippen LogP contribution in [-0.4, -0.2) is 29.0 Å². The first-order chi connectivity index (χ1) is 21.8. The number of anilines is 1. The van der Waals surface area contributed by atoms with E-state index in [0.29, 0.717) is 47.3 Å². The maximum atomic E-state index is 14.2. The van der Waals surface area contributed by atoms with Crippen molar-refractivity contribution in [2.75, 3.05) is 18.5 Å². The van der Waals surface area contributed by atoms with Gasteiger partial charge in [-0.2, -0.15) is 26.3 Å². The smallest absolute Gasteiger partial charge is 0.364 e. The molecule has 0 saturated carbocycles. The summed E-state index contributed by atoms with van der Waals surface area (Å²) in [4.78, 5) is 31.5. The Kier molecular flexibility index (Phi) is 7.87. The van der Waals surface area contributed by atoms with Crippen molar-refractivity contribution >= 4 is 22.5 Å². The van der Waals surface area contributed by atoms with E-state index in [1.807, 2.05) is 48.5 Å². The zero-order valence-corrected chi connectivity index (χ0v) is 24.5. The number of benzene rings is 4. The lowest BCUT2D eigenvalue weighted by Gasteiger charge is -2.33. The van der Waals surface area contributed by atoms with Crippen molar-refractivity contribution in [2.24, 2.45) is 0 Å². The van der Waals surface area contributed by atoms with Crippen LogP contribution in [0.15, 0.2) is 102 Å². The van der Waals surface area contributed by atoms with Crippen molar-refractivity contribution in [3.8, 4) is 11.1 Å². The first kappa shape index (κ1) is 30.9. The summed E-state index contributed by atoms with van der Waals surface area (Å²) in [5, 5.41) is 0.622. The predicted molar refractivity (Wildman–Crippen MR) is 163 cm³/mol. The minimum absolute atomic E-state index is 0.0397. The van der Waals surface area contributed by atoms with Crippen LogP contribution in [0.1, 0.15) is 32.6 Å². The van der Waals surface area contributed by atoms with Crippen LogP contribution in [0, 0.1) is 0 Å². The number of alkyl halides is 6. The molecular formula is C35H27F6N3O2. The standard InChI is InChI=1S/C35H27F6N3O2/c1-42(20-23-17-25(34(36,37)38)19-26(18-23)35(39,40)41)32(45)30-29(24-11-6-3-7-12-24)27-13-8-14-28-31(27)44(33(30)46)16-15-43(28)21-22-9-4-2-5-10-22/h2-14,17-19H,15-16,20-21H2,1H3. The second-order valence-electron chi connectivity index (χ2n) is 11.2. The van der Waals surface area contributed by atoms with Crippen molar-refractivity contribution < 1.29 is 31.1 Å². The lowest BCUT2D eigenvalue weighted by molar-refractivity contribution is -0.143. The van der Waals surface area contributed by atoms with Gasteiger partial charge in [-0.25, -0.2) is 0 Å². The van der Waals surface area contributed by atoms with E-state index in [2.05, 4.69) is 4.90 Å². The zero-order chi connectivity index (χ0) is 32.8. The molecule has 0 aliphatic carbocycles. The number of rotatable bonds is 6. The molecule has 5 aromatic rings. The van der Waals surface area contributed by atoms with Gasteiger partial charge in [-0.3, -0.25) is 9.59 Å². The number of pyridine rings is 1. The molecule has 0 atom stereocenters. The highest BCUT2D eigenvalue weighted by molar-refractivity contribution is 6.11. The normalized spacial score (nSPS) is 13.2.